The standard InChI is InChI=1S/C25H29N5O5/c31-15-17-5-4-10-27(14-17)20-12-21(25(30(34)35)24(13-20)29(32)33)18-8-9-23-22(11-18)26-16-28(23)19-6-2-1-3-7-19/h8-9,11-13,16-17,19,31H,1-7,10,14-15H2. The largest absolute Gasteiger partial charge is 0.396 e. The number of hydrogen-bond acceptors (Lipinski definition) is 7. The SMILES string of the molecule is O=[N+]([O-])c1cc(N2CCCC(CO)C2)cc(-c2ccc3c(c2)ncn3C2CCCCC2)c1[N+](=O)[O-]. The van der Waals surface area contributed by atoms with Crippen LogP contribution < -0.4 is 4.90 Å². The van der Waals surface area contributed by atoms with Crippen LogP contribution in [0.3, 0.4) is 0 Å². The number of imidazole rings is 1. The zero-order valence-corrected chi connectivity index (χ0v) is 19.5. The molecule has 1 aliphatic heterocycles. The van der Waals surface area contributed by atoms with Crippen molar-refractivity contribution < 1.29 is 15.0 Å². The smallest absolute Gasteiger partial charge is 0.353 e. The number of aliphatic hydroxyl groups excluding tert-OH is 1. The van der Waals surface area contributed by atoms with Crippen LogP contribution in [0.4, 0.5) is 17.1 Å². The molecule has 2 heterocycles. The second-order valence-corrected chi connectivity index (χ2v) is 9.66. The Morgan fingerprint density at radius 3 is 2.51 bits per heavy atom. The molecule has 10 heteroatoms. The van der Waals surface area contributed by atoms with Gasteiger partial charge in [-0.25, -0.2) is 4.98 Å². The number of nitro groups is 2. The van der Waals surface area contributed by atoms with E-state index in [2.05, 4.69) is 9.55 Å². The van der Waals surface area contributed by atoms with Gasteiger partial charge in [-0.1, -0.05) is 25.3 Å². The van der Waals surface area contributed by atoms with Crippen molar-refractivity contribution >= 4 is 28.1 Å². The number of aliphatic hydroxyl groups is 1. The minimum Gasteiger partial charge on any atom is -0.396 e. The third-order valence-electron chi connectivity index (χ3n) is 7.45. The maximum Gasteiger partial charge on any atom is 0.353 e. The molecule has 1 aromatic heterocycles. The molecule has 3 aromatic rings. The number of piperidine rings is 1. The average Bonchev–Trinajstić information content (AvgIpc) is 3.31. The normalized spacial score (nSPS) is 19.2. The number of nitrogens with zero attached hydrogens (tertiary/aromatic N) is 5. The molecule has 2 fully saturated rings. The molecule has 35 heavy (non-hydrogen) atoms. The summed E-state index contributed by atoms with van der Waals surface area (Å²) in [7, 11) is 0. The Bertz CT molecular complexity index is 1270. The fraction of sp³-hybridized carbons (Fsp3) is 0.480. The van der Waals surface area contributed by atoms with Crippen molar-refractivity contribution in [2.24, 2.45) is 5.92 Å². The summed E-state index contributed by atoms with van der Waals surface area (Å²) in [6.45, 7) is 1.27. The summed E-state index contributed by atoms with van der Waals surface area (Å²) < 4.78 is 2.19. The van der Waals surface area contributed by atoms with E-state index in [4.69, 9.17) is 0 Å². The minimum absolute atomic E-state index is 0.0404. The first-order chi connectivity index (χ1) is 17.0. The zero-order chi connectivity index (χ0) is 24.5. The highest BCUT2D eigenvalue weighted by Crippen LogP contribution is 2.43. The van der Waals surface area contributed by atoms with Gasteiger partial charge in [-0.05, 0) is 55.4 Å². The maximum absolute atomic E-state index is 12.0. The number of nitro benzene ring substituents is 2. The third-order valence-corrected chi connectivity index (χ3v) is 7.45. The van der Waals surface area contributed by atoms with Gasteiger partial charge in [0.2, 0.25) is 0 Å². The van der Waals surface area contributed by atoms with E-state index in [1.54, 1.807) is 18.2 Å². The summed E-state index contributed by atoms with van der Waals surface area (Å²) in [5.41, 5.74) is 1.94. The molecule has 0 radical (unpaired) electrons. The van der Waals surface area contributed by atoms with Gasteiger partial charge >= 0.3 is 11.4 Å². The van der Waals surface area contributed by atoms with Crippen molar-refractivity contribution in [1.29, 1.82) is 0 Å². The first-order valence-electron chi connectivity index (χ1n) is 12.3. The molecule has 1 N–H and O–H groups in total. The van der Waals surface area contributed by atoms with Crippen LogP contribution in [0.1, 0.15) is 51.0 Å². The van der Waals surface area contributed by atoms with Crippen molar-refractivity contribution in [3.8, 4) is 11.1 Å². The summed E-state index contributed by atoms with van der Waals surface area (Å²) in [5.74, 6) is 0.0709. The molecule has 5 rings (SSSR count). The molecule has 0 spiro atoms. The Hall–Kier alpha value is -3.53. The Balaban J connectivity index is 1.61. The summed E-state index contributed by atoms with van der Waals surface area (Å²) in [5, 5.41) is 33.5. The Morgan fingerprint density at radius 2 is 1.80 bits per heavy atom. The van der Waals surface area contributed by atoms with Crippen molar-refractivity contribution in [3.63, 3.8) is 0 Å². The van der Waals surface area contributed by atoms with Crippen LogP contribution in [0.2, 0.25) is 0 Å². The highest BCUT2D eigenvalue weighted by molar-refractivity contribution is 5.89. The Morgan fingerprint density at radius 1 is 1.00 bits per heavy atom. The first-order valence-corrected chi connectivity index (χ1v) is 12.3. The molecule has 10 nitrogen and oxygen atoms in total. The Labute approximate surface area is 202 Å². The predicted molar refractivity (Wildman–Crippen MR) is 133 cm³/mol. The van der Waals surface area contributed by atoms with Gasteiger partial charge in [0.1, 0.15) is 0 Å². The maximum atomic E-state index is 12.0. The second-order valence-electron chi connectivity index (χ2n) is 9.66. The van der Waals surface area contributed by atoms with Crippen LogP contribution in [0.5, 0.6) is 0 Å². The molecule has 1 aliphatic carbocycles. The second kappa shape index (κ2) is 9.61. The van der Waals surface area contributed by atoms with E-state index in [0.717, 1.165) is 31.2 Å². The number of hydrogen-bond donors (Lipinski definition) is 1. The van der Waals surface area contributed by atoms with Gasteiger partial charge in [-0.3, -0.25) is 20.2 Å². The third kappa shape index (κ3) is 4.45. The predicted octanol–water partition coefficient (Wildman–Crippen LogP) is 5.23. The van der Waals surface area contributed by atoms with E-state index in [9.17, 15) is 25.3 Å². The van der Waals surface area contributed by atoms with Gasteiger partial charge < -0.3 is 14.6 Å². The lowest BCUT2D eigenvalue weighted by molar-refractivity contribution is -0.422. The molecular formula is C25H29N5O5. The molecule has 1 unspecified atom stereocenters. The molecule has 0 bridgehead atoms. The Kier molecular flexibility index (Phi) is 6.38. The molecule has 184 valence electrons. The van der Waals surface area contributed by atoms with E-state index in [1.165, 1.54) is 25.3 Å². The van der Waals surface area contributed by atoms with Gasteiger partial charge in [-0.15, -0.1) is 0 Å². The molecule has 2 aliphatic rings. The number of anilines is 1. The number of aromatic nitrogens is 2. The van der Waals surface area contributed by atoms with Gasteiger partial charge in [-0.2, -0.15) is 0 Å². The van der Waals surface area contributed by atoms with Crippen LogP contribution in [0.25, 0.3) is 22.2 Å². The number of fused-ring (bicyclic) bond motifs is 1. The van der Waals surface area contributed by atoms with Gasteiger partial charge in [0, 0.05) is 37.5 Å². The highest BCUT2D eigenvalue weighted by Gasteiger charge is 2.33. The number of benzene rings is 2. The minimum atomic E-state index is -0.686. The van der Waals surface area contributed by atoms with Crippen LogP contribution in [0.15, 0.2) is 36.7 Å². The van der Waals surface area contributed by atoms with Crippen molar-refractivity contribution in [3.05, 3.63) is 56.9 Å². The average molecular weight is 480 g/mol. The van der Waals surface area contributed by atoms with E-state index in [-0.39, 0.29) is 18.1 Å². The summed E-state index contributed by atoms with van der Waals surface area (Å²) >= 11 is 0. The molecule has 1 saturated carbocycles. The summed E-state index contributed by atoms with van der Waals surface area (Å²) in [6, 6.07) is 8.86. The van der Waals surface area contributed by atoms with Crippen LogP contribution in [-0.4, -0.2) is 44.2 Å². The molecule has 2 aromatic carbocycles. The molecule has 1 saturated heterocycles. The van der Waals surface area contributed by atoms with Gasteiger partial charge in [0.15, 0.2) is 0 Å². The summed E-state index contributed by atoms with van der Waals surface area (Å²) in [6.07, 6.45) is 9.42. The van der Waals surface area contributed by atoms with Crippen LogP contribution >= 0.6 is 0 Å². The van der Waals surface area contributed by atoms with E-state index >= 15 is 0 Å². The lowest BCUT2D eigenvalue weighted by atomic mass is 9.95. The fourth-order valence-corrected chi connectivity index (χ4v) is 5.64. The van der Waals surface area contributed by atoms with Crippen LogP contribution in [-0.2, 0) is 0 Å². The van der Waals surface area contributed by atoms with Crippen molar-refractivity contribution in [1.82, 2.24) is 9.55 Å². The topological polar surface area (TPSA) is 128 Å². The lowest BCUT2D eigenvalue weighted by Crippen LogP contribution is -2.36. The molecule has 1 atom stereocenters. The van der Waals surface area contributed by atoms with Gasteiger partial charge in [0.05, 0.1) is 32.8 Å². The van der Waals surface area contributed by atoms with E-state index < -0.39 is 21.2 Å². The molecular weight excluding hydrogens is 450 g/mol. The lowest BCUT2D eigenvalue weighted by Gasteiger charge is -2.33. The monoisotopic (exact) mass is 479 g/mol. The zero-order valence-electron chi connectivity index (χ0n) is 19.5. The van der Waals surface area contributed by atoms with Crippen molar-refractivity contribution in [2.75, 3.05) is 24.6 Å². The van der Waals surface area contributed by atoms with Crippen molar-refractivity contribution in [2.45, 2.75) is 51.0 Å². The van der Waals surface area contributed by atoms with Crippen LogP contribution in [0, 0.1) is 26.1 Å². The highest BCUT2D eigenvalue weighted by atomic mass is 16.6. The quantitative estimate of drug-likeness (QED) is 0.378. The summed E-state index contributed by atoms with van der Waals surface area (Å²) in [4.78, 5) is 29.1. The van der Waals surface area contributed by atoms with E-state index in [1.807, 2.05) is 17.3 Å². The van der Waals surface area contributed by atoms with E-state index in [0.29, 0.717) is 35.9 Å². The van der Waals surface area contributed by atoms with Gasteiger partial charge in [0.25, 0.3) is 0 Å². The fourth-order valence-electron chi connectivity index (χ4n) is 5.64. The first kappa shape index (κ1) is 23.2. The molecule has 0 amide bonds. The number of rotatable bonds is 6.